The summed E-state index contributed by atoms with van der Waals surface area (Å²) in [5, 5.41) is 7.46. The minimum Gasteiger partial charge on any atom is -0.497 e. The highest BCUT2D eigenvalue weighted by atomic mass is 32.1. The Hall–Kier alpha value is -4.04. The van der Waals surface area contributed by atoms with Crippen LogP contribution in [0.15, 0.2) is 78.2 Å². The van der Waals surface area contributed by atoms with Crippen molar-refractivity contribution in [2.24, 2.45) is 0 Å². The maximum atomic E-state index is 13.9. The van der Waals surface area contributed by atoms with Gasteiger partial charge in [0.1, 0.15) is 17.4 Å². The predicted molar refractivity (Wildman–Crippen MR) is 136 cm³/mol. The number of thiophene rings is 1. The highest BCUT2D eigenvalue weighted by Gasteiger charge is 2.17. The Morgan fingerprint density at radius 3 is 2.39 bits per heavy atom. The lowest BCUT2D eigenvalue weighted by atomic mass is 10.0. The normalized spacial score (nSPS) is 10.6. The molecule has 1 aromatic heterocycles. The summed E-state index contributed by atoms with van der Waals surface area (Å²) in [5.74, 6) is -1.15. The van der Waals surface area contributed by atoms with Gasteiger partial charge >= 0.3 is 0 Å². The third-order valence-electron chi connectivity index (χ3n) is 5.63. The molecule has 0 saturated carbocycles. The zero-order chi connectivity index (χ0) is 25.5. The average Bonchev–Trinajstić information content (AvgIpc) is 3.37. The molecular weight excluding hydrogens is 482 g/mol. The molecule has 0 spiro atoms. The van der Waals surface area contributed by atoms with Crippen molar-refractivity contribution in [2.75, 3.05) is 7.11 Å². The van der Waals surface area contributed by atoms with Crippen LogP contribution in [-0.2, 0) is 24.3 Å². The van der Waals surface area contributed by atoms with Crippen LogP contribution in [-0.4, -0.2) is 18.9 Å². The number of rotatable bonds is 9. The summed E-state index contributed by atoms with van der Waals surface area (Å²) in [6.07, 6.45) is 0.235. The molecule has 0 unspecified atom stereocenters. The van der Waals surface area contributed by atoms with Gasteiger partial charge in [-0.15, -0.1) is 11.3 Å². The molecule has 0 saturated heterocycles. The minimum absolute atomic E-state index is 0.0662. The monoisotopic (exact) mass is 506 g/mol. The van der Waals surface area contributed by atoms with Crippen molar-refractivity contribution >= 4 is 23.2 Å². The Bertz CT molecular complexity index is 1370. The summed E-state index contributed by atoms with van der Waals surface area (Å²) in [7, 11) is 1.59. The molecule has 0 bridgehead atoms. The Kier molecular flexibility index (Phi) is 8.07. The summed E-state index contributed by atoms with van der Waals surface area (Å²) in [4.78, 5) is 26.2. The molecule has 4 rings (SSSR count). The van der Waals surface area contributed by atoms with E-state index in [1.807, 2.05) is 53.9 Å². The van der Waals surface area contributed by atoms with Crippen LogP contribution < -0.4 is 15.4 Å². The van der Waals surface area contributed by atoms with E-state index in [2.05, 4.69) is 10.6 Å². The summed E-state index contributed by atoms with van der Waals surface area (Å²) < 4.78 is 32.2. The predicted octanol–water partition coefficient (Wildman–Crippen LogP) is 5.49. The molecular formula is C28H24F2N2O3S. The Morgan fingerprint density at radius 1 is 0.889 bits per heavy atom. The maximum absolute atomic E-state index is 13.9. The van der Waals surface area contributed by atoms with Gasteiger partial charge in [-0.2, -0.15) is 0 Å². The SMILES string of the molecule is COc1ccc(CC(=O)NCc2ccccc2-c2sccc2C(=O)NCc2ccc(F)cc2F)cc1. The number of halogens is 2. The third kappa shape index (κ3) is 6.14. The first-order chi connectivity index (χ1) is 17.4. The van der Waals surface area contributed by atoms with Crippen LogP contribution in [0.3, 0.4) is 0 Å². The molecule has 1 heterocycles. The van der Waals surface area contributed by atoms with E-state index in [1.165, 1.54) is 17.4 Å². The maximum Gasteiger partial charge on any atom is 0.253 e. The van der Waals surface area contributed by atoms with Gasteiger partial charge in [-0.3, -0.25) is 9.59 Å². The summed E-state index contributed by atoms with van der Waals surface area (Å²) >= 11 is 1.40. The van der Waals surface area contributed by atoms with Gasteiger partial charge in [-0.1, -0.05) is 42.5 Å². The van der Waals surface area contributed by atoms with E-state index >= 15 is 0 Å². The van der Waals surface area contributed by atoms with Crippen LogP contribution >= 0.6 is 11.3 Å². The van der Waals surface area contributed by atoms with Crippen molar-refractivity contribution in [1.29, 1.82) is 0 Å². The molecule has 0 radical (unpaired) electrons. The molecule has 4 aromatic rings. The quantitative estimate of drug-likeness (QED) is 0.316. The zero-order valence-electron chi connectivity index (χ0n) is 19.5. The van der Waals surface area contributed by atoms with E-state index < -0.39 is 11.6 Å². The molecule has 0 aliphatic rings. The highest BCUT2D eigenvalue weighted by Crippen LogP contribution is 2.32. The Balaban J connectivity index is 1.43. The van der Waals surface area contributed by atoms with E-state index in [0.717, 1.165) is 39.4 Å². The molecule has 184 valence electrons. The van der Waals surface area contributed by atoms with Crippen molar-refractivity contribution in [2.45, 2.75) is 19.5 Å². The first kappa shape index (κ1) is 25.1. The number of nitrogens with one attached hydrogen (secondary N) is 2. The van der Waals surface area contributed by atoms with Crippen LogP contribution in [0.4, 0.5) is 8.78 Å². The molecule has 36 heavy (non-hydrogen) atoms. The number of carbonyl (C=O) groups excluding carboxylic acids is 2. The molecule has 8 heteroatoms. The van der Waals surface area contributed by atoms with Crippen molar-refractivity contribution < 1.29 is 23.1 Å². The smallest absolute Gasteiger partial charge is 0.253 e. The fourth-order valence-corrected chi connectivity index (χ4v) is 4.67. The van der Waals surface area contributed by atoms with E-state index in [0.29, 0.717) is 12.1 Å². The number of ether oxygens (including phenoxy) is 1. The molecule has 2 N–H and O–H groups in total. The van der Waals surface area contributed by atoms with Crippen molar-refractivity contribution in [3.05, 3.63) is 112 Å². The van der Waals surface area contributed by atoms with Gasteiger partial charge in [-0.05, 0) is 46.3 Å². The van der Waals surface area contributed by atoms with Gasteiger partial charge in [0.05, 0.1) is 19.1 Å². The molecule has 3 aromatic carbocycles. The number of methoxy groups -OCH3 is 1. The van der Waals surface area contributed by atoms with Crippen molar-refractivity contribution in [3.63, 3.8) is 0 Å². The first-order valence-electron chi connectivity index (χ1n) is 11.2. The molecule has 2 amide bonds. The molecule has 0 aliphatic carbocycles. The van der Waals surface area contributed by atoms with E-state index in [9.17, 15) is 18.4 Å². The lowest BCUT2D eigenvalue weighted by molar-refractivity contribution is -0.120. The zero-order valence-corrected chi connectivity index (χ0v) is 20.3. The highest BCUT2D eigenvalue weighted by molar-refractivity contribution is 7.14. The van der Waals surface area contributed by atoms with Gasteiger partial charge in [0.2, 0.25) is 5.91 Å². The van der Waals surface area contributed by atoms with E-state index in [4.69, 9.17) is 4.74 Å². The van der Waals surface area contributed by atoms with E-state index in [1.54, 1.807) is 13.2 Å². The topological polar surface area (TPSA) is 67.4 Å². The second-order valence-corrected chi connectivity index (χ2v) is 8.96. The molecule has 5 nitrogen and oxygen atoms in total. The Morgan fingerprint density at radius 2 is 1.64 bits per heavy atom. The molecule has 0 atom stereocenters. The number of carbonyl (C=O) groups is 2. The fraction of sp³-hybridized carbons (Fsp3) is 0.143. The van der Waals surface area contributed by atoms with Crippen LogP contribution in [0.5, 0.6) is 5.75 Å². The van der Waals surface area contributed by atoms with Gasteiger partial charge in [0.25, 0.3) is 5.91 Å². The van der Waals surface area contributed by atoms with Gasteiger partial charge in [0.15, 0.2) is 0 Å². The van der Waals surface area contributed by atoms with Crippen LogP contribution in [0, 0.1) is 11.6 Å². The summed E-state index contributed by atoms with van der Waals surface area (Å²) in [5.41, 5.74) is 3.20. The average molecular weight is 507 g/mol. The van der Waals surface area contributed by atoms with Gasteiger partial charge in [-0.25, -0.2) is 8.78 Å². The minimum atomic E-state index is -0.712. The van der Waals surface area contributed by atoms with Crippen molar-refractivity contribution in [3.8, 4) is 16.2 Å². The fourth-order valence-electron chi connectivity index (χ4n) is 3.71. The summed E-state index contributed by atoms with van der Waals surface area (Å²) in [6.45, 7) is 0.230. The largest absolute Gasteiger partial charge is 0.497 e. The second kappa shape index (κ2) is 11.6. The number of amides is 2. The van der Waals surface area contributed by atoms with Crippen LogP contribution in [0.25, 0.3) is 10.4 Å². The van der Waals surface area contributed by atoms with E-state index in [-0.39, 0.29) is 30.3 Å². The van der Waals surface area contributed by atoms with Crippen LogP contribution in [0.1, 0.15) is 27.0 Å². The number of hydrogen-bond donors (Lipinski definition) is 2. The number of benzene rings is 3. The standard InChI is InChI=1S/C28H24F2N2O3S/c1-35-22-10-6-18(7-11-22)14-26(33)31-16-19-4-2-3-5-23(19)27-24(12-13-36-27)28(34)32-17-20-8-9-21(29)15-25(20)30/h2-13,15H,14,16-17H2,1H3,(H,31,33)(H,32,34). The second-order valence-electron chi connectivity index (χ2n) is 8.04. The lowest BCUT2D eigenvalue weighted by Crippen LogP contribution is -2.25. The number of hydrogen-bond acceptors (Lipinski definition) is 4. The van der Waals surface area contributed by atoms with Gasteiger partial charge in [0, 0.05) is 29.6 Å². The molecule has 0 aliphatic heterocycles. The van der Waals surface area contributed by atoms with Gasteiger partial charge < -0.3 is 15.4 Å². The lowest BCUT2D eigenvalue weighted by Gasteiger charge is -2.12. The van der Waals surface area contributed by atoms with Crippen molar-refractivity contribution in [1.82, 2.24) is 10.6 Å². The van der Waals surface area contributed by atoms with Crippen LogP contribution in [0.2, 0.25) is 0 Å². The summed E-state index contributed by atoms with van der Waals surface area (Å²) in [6, 6.07) is 19.8. The first-order valence-corrected chi connectivity index (χ1v) is 12.1. The Labute approximate surface area is 211 Å². The molecule has 0 fully saturated rings. The third-order valence-corrected chi connectivity index (χ3v) is 6.57.